The van der Waals surface area contributed by atoms with Gasteiger partial charge in [0.1, 0.15) is 16.4 Å². The van der Waals surface area contributed by atoms with Crippen molar-refractivity contribution in [2.75, 3.05) is 19.7 Å². The van der Waals surface area contributed by atoms with E-state index in [1.54, 1.807) is 11.3 Å². The number of hydrogen-bond acceptors (Lipinski definition) is 5. The van der Waals surface area contributed by atoms with Crippen LogP contribution in [0.4, 0.5) is 0 Å². The molecule has 0 radical (unpaired) electrons. The molecule has 1 fully saturated rings. The standard InChI is InChI=1S/C24H31N3O2S/c1-17-8-10-20(11-9-17)29-15-7-6-14-27-21(16-26-12-4-5-13-26)25-23-22(24(27)28)18(2)19(3)30-23/h8-11H,4-7,12-16H2,1-3H3. The first kappa shape index (κ1) is 21.1. The lowest BCUT2D eigenvalue weighted by Gasteiger charge is -2.18. The van der Waals surface area contributed by atoms with Gasteiger partial charge in [-0.1, -0.05) is 17.7 Å². The van der Waals surface area contributed by atoms with Crippen molar-refractivity contribution in [2.24, 2.45) is 0 Å². The number of benzene rings is 1. The van der Waals surface area contributed by atoms with Crippen LogP contribution in [0.2, 0.25) is 0 Å². The van der Waals surface area contributed by atoms with Crippen molar-refractivity contribution in [3.05, 3.63) is 56.4 Å². The summed E-state index contributed by atoms with van der Waals surface area (Å²) in [6.45, 7) is 10.5. The van der Waals surface area contributed by atoms with E-state index in [0.29, 0.717) is 13.2 Å². The third-order valence-corrected chi connectivity index (χ3v) is 7.10. The minimum atomic E-state index is 0.121. The number of aryl methyl sites for hydroxylation is 3. The Labute approximate surface area is 182 Å². The van der Waals surface area contributed by atoms with Crippen molar-refractivity contribution in [1.82, 2.24) is 14.5 Å². The van der Waals surface area contributed by atoms with Crippen molar-refractivity contribution in [2.45, 2.75) is 59.5 Å². The Morgan fingerprint density at radius 1 is 1.07 bits per heavy atom. The third-order valence-electron chi connectivity index (χ3n) is 6.00. The van der Waals surface area contributed by atoms with Crippen LogP contribution in [0.5, 0.6) is 5.75 Å². The Hall–Kier alpha value is -2.18. The van der Waals surface area contributed by atoms with Crippen LogP contribution in [0.25, 0.3) is 10.2 Å². The second kappa shape index (κ2) is 9.31. The normalized spacial score (nSPS) is 14.6. The van der Waals surface area contributed by atoms with Gasteiger partial charge >= 0.3 is 0 Å². The molecule has 0 amide bonds. The lowest BCUT2D eigenvalue weighted by molar-refractivity contribution is 0.296. The molecule has 160 valence electrons. The van der Waals surface area contributed by atoms with Crippen LogP contribution in [0.3, 0.4) is 0 Å². The zero-order chi connectivity index (χ0) is 21.1. The summed E-state index contributed by atoms with van der Waals surface area (Å²) in [4.78, 5) is 22.8. The number of fused-ring (bicyclic) bond motifs is 1. The molecular weight excluding hydrogens is 394 g/mol. The molecule has 1 aromatic carbocycles. The summed E-state index contributed by atoms with van der Waals surface area (Å²) in [5.41, 5.74) is 2.43. The van der Waals surface area contributed by atoms with Gasteiger partial charge in [0.15, 0.2) is 0 Å². The maximum Gasteiger partial charge on any atom is 0.262 e. The average molecular weight is 426 g/mol. The fraction of sp³-hybridized carbons (Fsp3) is 0.500. The van der Waals surface area contributed by atoms with Crippen molar-refractivity contribution in [3.8, 4) is 5.75 Å². The number of rotatable bonds is 8. The van der Waals surface area contributed by atoms with Crippen LogP contribution in [-0.2, 0) is 13.1 Å². The molecule has 3 heterocycles. The largest absolute Gasteiger partial charge is 0.494 e. The Morgan fingerprint density at radius 3 is 2.53 bits per heavy atom. The molecule has 1 aliphatic rings. The molecule has 2 aromatic heterocycles. The highest BCUT2D eigenvalue weighted by molar-refractivity contribution is 7.18. The molecule has 0 unspecified atom stereocenters. The van der Waals surface area contributed by atoms with Crippen LogP contribution in [-0.4, -0.2) is 34.1 Å². The Bertz CT molecular complexity index is 1060. The first-order valence-corrected chi connectivity index (χ1v) is 11.8. The van der Waals surface area contributed by atoms with E-state index in [4.69, 9.17) is 9.72 Å². The Kier molecular flexibility index (Phi) is 6.54. The molecular formula is C24H31N3O2S. The van der Waals surface area contributed by atoms with E-state index in [2.05, 4.69) is 30.9 Å². The molecule has 0 saturated carbocycles. The van der Waals surface area contributed by atoms with Crippen LogP contribution in [0, 0.1) is 20.8 Å². The number of hydrogen-bond donors (Lipinski definition) is 0. The minimum absolute atomic E-state index is 0.121. The molecule has 6 heteroatoms. The quantitative estimate of drug-likeness (QED) is 0.485. The third kappa shape index (κ3) is 4.60. The van der Waals surface area contributed by atoms with Gasteiger partial charge in [0, 0.05) is 11.4 Å². The van der Waals surface area contributed by atoms with Crippen molar-refractivity contribution >= 4 is 21.6 Å². The lowest BCUT2D eigenvalue weighted by Crippen LogP contribution is -2.30. The van der Waals surface area contributed by atoms with E-state index in [0.717, 1.165) is 59.8 Å². The van der Waals surface area contributed by atoms with Crippen molar-refractivity contribution in [3.63, 3.8) is 0 Å². The number of ether oxygens (including phenoxy) is 1. The van der Waals surface area contributed by atoms with E-state index in [9.17, 15) is 4.79 Å². The van der Waals surface area contributed by atoms with Crippen LogP contribution in [0.1, 0.15) is 47.5 Å². The summed E-state index contributed by atoms with van der Waals surface area (Å²) in [7, 11) is 0. The van der Waals surface area contributed by atoms with E-state index in [1.807, 2.05) is 23.6 Å². The minimum Gasteiger partial charge on any atom is -0.494 e. The van der Waals surface area contributed by atoms with Crippen molar-refractivity contribution < 1.29 is 4.74 Å². The molecule has 0 N–H and O–H groups in total. The lowest BCUT2D eigenvalue weighted by atomic mass is 10.2. The predicted molar refractivity (Wildman–Crippen MR) is 124 cm³/mol. The molecule has 1 aliphatic heterocycles. The van der Waals surface area contributed by atoms with E-state index in [-0.39, 0.29) is 5.56 Å². The molecule has 30 heavy (non-hydrogen) atoms. The number of unbranched alkanes of at least 4 members (excludes halogenated alkanes) is 1. The SMILES string of the molecule is Cc1ccc(OCCCCn2c(CN3CCCC3)nc3sc(C)c(C)c3c2=O)cc1. The summed E-state index contributed by atoms with van der Waals surface area (Å²) < 4.78 is 7.77. The summed E-state index contributed by atoms with van der Waals surface area (Å²) in [5, 5.41) is 0.804. The van der Waals surface area contributed by atoms with Gasteiger partial charge in [0.25, 0.3) is 5.56 Å². The first-order chi connectivity index (χ1) is 14.5. The highest BCUT2D eigenvalue weighted by atomic mass is 32.1. The number of nitrogens with zero attached hydrogens (tertiary/aromatic N) is 3. The van der Waals surface area contributed by atoms with E-state index >= 15 is 0 Å². The molecule has 0 aliphatic carbocycles. The predicted octanol–water partition coefficient (Wildman–Crippen LogP) is 4.84. The summed E-state index contributed by atoms with van der Waals surface area (Å²) in [5.74, 6) is 1.81. The zero-order valence-corrected chi connectivity index (χ0v) is 19.1. The second-order valence-corrected chi connectivity index (χ2v) is 9.50. The maximum absolute atomic E-state index is 13.4. The molecule has 0 bridgehead atoms. The molecule has 5 nitrogen and oxygen atoms in total. The molecule has 1 saturated heterocycles. The summed E-state index contributed by atoms with van der Waals surface area (Å²) in [6, 6.07) is 8.14. The number of thiophene rings is 1. The molecule has 3 aromatic rings. The van der Waals surface area contributed by atoms with Crippen LogP contribution < -0.4 is 10.3 Å². The second-order valence-electron chi connectivity index (χ2n) is 8.30. The molecule has 0 atom stereocenters. The maximum atomic E-state index is 13.4. The van der Waals surface area contributed by atoms with Crippen molar-refractivity contribution in [1.29, 1.82) is 0 Å². The van der Waals surface area contributed by atoms with Crippen LogP contribution in [0.15, 0.2) is 29.1 Å². The Morgan fingerprint density at radius 2 is 1.80 bits per heavy atom. The fourth-order valence-corrected chi connectivity index (χ4v) is 5.10. The number of likely N-dealkylation sites (tertiary alicyclic amines) is 1. The van der Waals surface area contributed by atoms with Gasteiger partial charge in [0.05, 0.1) is 18.5 Å². The fourth-order valence-electron chi connectivity index (χ4n) is 4.06. The zero-order valence-electron chi connectivity index (χ0n) is 18.2. The average Bonchev–Trinajstić information content (AvgIpc) is 3.33. The van der Waals surface area contributed by atoms with Gasteiger partial charge in [-0.05, 0) is 77.2 Å². The van der Waals surface area contributed by atoms with Crippen LogP contribution >= 0.6 is 11.3 Å². The summed E-state index contributed by atoms with van der Waals surface area (Å²) in [6.07, 6.45) is 4.28. The topological polar surface area (TPSA) is 47.4 Å². The van der Waals surface area contributed by atoms with Gasteiger partial charge in [0.2, 0.25) is 0 Å². The van der Waals surface area contributed by atoms with E-state index < -0.39 is 0 Å². The highest BCUT2D eigenvalue weighted by Crippen LogP contribution is 2.27. The summed E-state index contributed by atoms with van der Waals surface area (Å²) >= 11 is 1.64. The van der Waals surface area contributed by atoms with Gasteiger partial charge < -0.3 is 4.74 Å². The molecule has 0 spiro atoms. The highest BCUT2D eigenvalue weighted by Gasteiger charge is 2.19. The number of aromatic nitrogens is 2. The van der Waals surface area contributed by atoms with Gasteiger partial charge in [-0.2, -0.15) is 0 Å². The first-order valence-electron chi connectivity index (χ1n) is 10.9. The van der Waals surface area contributed by atoms with Gasteiger partial charge in [-0.3, -0.25) is 14.3 Å². The van der Waals surface area contributed by atoms with E-state index in [1.165, 1.54) is 23.3 Å². The van der Waals surface area contributed by atoms with Gasteiger partial charge in [-0.25, -0.2) is 4.98 Å². The Balaban J connectivity index is 1.47. The monoisotopic (exact) mass is 425 g/mol. The van der Waals surface area contributed by atoms with Gasteiger partial charge in [-0.15, -0.1) is 11.3 Å². The smallest absolute Gasteiger partial charge is 0.262 e. The molecule has 4 rings (SSSR count).